The van der Waals surface area contributed by atoms with Gasteiger partial charge in [-0.3, -0.25) is 4.79 Å². The predicted molar refractivity (Wildman–Crippen MR) is 70.5 cm³/mol. The van der Waals surface area contributed by atoms with Crippen LogP contribution in [0.25, 0.3) is 0 Å². The zero-order valence-electron chi connectivity index (χ0n) is 10.6. The first-order valence-electron chi connectivity index (χ1n) is 6.20. The summed E-state index contributed by atoms with van der Waals surface area (Å²) in [5.41, 5.74) is 6.57. The molecule has 2 atom stereocenters. The van der Waals surface area contributed by atoms with Gasteiger partial charge in [-0.2, -0.15) is 0 Å². The first-order chi connectivity index (χ1) is 8.15. The molecule has 94 valence electrons. The van der Waals surface area contributed by atoms with E-state index in [1.54, 1.807) is 0 Å². The number of nitrogens with one attached hydrogen (secondary N) is 1. The molecule has 0 spiro atoms. The fourth-order valence-electron chi connectivity index (χ4n) is 1.74. The van der Waals surface area contributed by atoms with E-state index in [1.165, 1.54) is 0 Å². The van der Waals surface area contributed by atoms with Crippen LogP contribution in [0.4, 0.5) is 0 Å². The van der Waals surface area contributed by atoms with E-state index in [0.29, 0.717) is 6.54 Å². The minimum atomic E-state index is 0.0321. The van der Waals surface area contributed by atoms with Crippen molar-refractivity contribution < 1.29 is 4.79 Å². The van der Waals surface area contributed by atoms with Gasteiger partial charge in [0.15, 0.2) is 0 Å². The molecule has 1 aromatic rings. The molecule has 1 rings (SSSR count). The summed E-state index contributed by atoms with van der Waals surface area (Å²) in [6.07, 6.45) is 1.75. The quantitative estimate of drug-likeness (QED) is 0.793. The van der Waals surface area contributed by atoms with Crippen molar-refractivity contribution >= 4 is 5.91 Å². The van der Waals surface area contributed by atoms with Gasteiger partial charge in [0.2, 0.25) is 5.91 Å². The fraction of sp³-hybridized carbons (Fsp3) is 0.500. The Morgan fingerprint density at radius 2 is 1.94 bits per heavy atom. The molecule has 0 aliphatic carbocycles. The molecule has 0 saturated carbocycles. The number of amides is 1. The van der Waals surface area contributed by atoms with Gasteiger partial charge >= 0.3 is 0 Å². The molecular formula is C14H22N2O. The standard InChI is InChI=1S/C14H22N2O/c1-11(7-6-10-15)14(17)16-12(2)13-8-4-3-5-9-13/h3-5,8-9,11-12H,6-7,10,15H2,1-2H3,(H,16,17)/t11?,12-/m0/s1. The normalized spacial score (nSPS) is 14.1. The van der Waals surface area contributed by atoms with Gasteiger partial charge in [0.05, 0.1) is 6.04 Å². The molecule has 1 amide bonds. The number of hydrogen-bond acceptors (Lipinski definition) is 2. The van der Waals surface area contributed by atoms with Gasteiger partial charge in [0.1, 0.15) is 0 Å². The van der Waals surface area contributed by atoms with Gasteiger partial charge in [0.25, 0.3) is 0 Å². The summed E-state index contributed by atoms with van der Waals surface area (Å²) >= 11 is 0. The molecule has 3 nitrogen and oxygen atoms in total. The lowest BCUT2D eigenvalue weighted by Crippen LogP contribution is -2.31. The first-order valence-corrected chi connectivity index (χ1v) is 6.20. The van der Waals surface area contributed by atoms with Crippen LogP contribution >= 0.6 is 0 Å². The Hall–Kier alpha value is -1.35. The van der Waals surface area contributed by atoms with Crippen molar-refractivity contribution in [3.63, 3.8) is 0 Å². The van der Waals surface area contributed by atoms with Crippen LogP contribution in [0, 0.1) is 5.92 Å². The maximum Gasteiger partial charge on any atom is 0.223 e. The van der Waals surface area contributed by atoms with Crippen molar-refractivity contribution in [2.24, 2.45) is 11.7 Å². The summed E-state index contributed by atoms with van der Waals surface area (Å²) in [5.74, 6) is 0.138. The molecule has 0 saturated heterocycles. The molecule has 17 heavy (non-hydrogen) atoms. The van der Waals surface area contributed by atoms with Crippen LogP contribution in [-0.2, 0) is 4.79 Å². The van der Waals surface area contributed by atoms with E-state index in [0.717, 1.165) is 18.4 Å². The average Bonchev–Trinajstić information content (AvgIpc) is 2.36. The van der Waals surface area contributed by atoms with Crippen LogP contribution in [0.3, 0.4) is 0 Å². The largest absolute Gasteiger partial charge is 0.349 e. The summed E-state index contributed by atoms with van der Waals surface area (Å²) < 4.78 is 0. The molecule has 0 aliphatic heterocycles. The zero-order valence-corrected chi connectivity index (χ0v) is 10.6. The third kappa shape index (κ3) is 4.57. The van der Waals surface area contributed by atoms with Crippen molar-refractivity contribution in [3.8, 4) is 0 Å². The third-order valence-electron chi connectivity index (χ3n) is 2.95. The van der Waals surface area contributed by atoms with E-state index in [1.807, 2.05) is 44.2 Å². The van der Waals surface area contributed by atoms with Crippen LogP contribution in [-0.4, -0.2) is 12.5 Å². The number of carbonyl (C=O) groups excluding carboxylic acids is 1. The highest BCUT2D eigenvalue weighted by molar-refractivity contribution is 5.78. The SMILES string of the molecule is CC(CCCN)C(=O)N[C@@H](C)c1ccccc1. The van der Waals surface area contributed by atoms with Crippen LogP contribution in [0.15, 0.2) is 30.3 Å². The number of rotatable bonds is 6. The van der Waals surface area contributed by atoms with Gasteiger partial charge in [-0.05, 0) is 31.9 Å². The fourth-order valence-corrected chi connectivity index (χ4v) is 1.74. The Balaban J connectivity index is 2.46. The van der Waals surface area contributed by atoms with Crippen LogP contribution in [0.1, 0.15) is 38.3 Å². The lowest BCUT2D eigenvalue weighted by Gasteiger charge is -2.17. The molecule has 1 unspecified atom stereocenters. The zero-order chi connectivity index (χ0) is 12.7. The van der Waals surface area contributed by atoms with Crippen LogP contribution in [0.2, 0.25) is 0 Å². The minimum absolute atomic E-state index is 0.0321. The van der Waals surface area contributed by atoms with Crippen molar-refractivity contribution in [1.29, 1.82) is 0 Å². The Morgan fingerprint density at radius 3 is 2.53 bits per heavy atom. The monoisotopic (exact) mass is 234 g/mol. The second-order valence-corrected chi connectivity index (χ2v) is 4.47. The van der Waals surface area contributed by atoms with E-state index in [9.17, 15) is 4.79 Å². The van der Waals surface area contributed by atoms with Crippen molar-refractivity contribution in [2.45, 2.75) is 32.7 Å². The van der Waals surface area contributed by atoms with Gasteiger partial charge in [-0.25, -0.2) is 0 Å². The lowest BCUT2D eigenvalue weighted by atomic mass is 10.0. The molecule has 3 N–H and O–H groups in total. The van der Waals surface area contributed by atoms with Crippen molar-refractivity contribution in [1.82, 2.24) is 5.32 Å². The predicted octanol–water partition coefficient (Wildman–Crippen LogP) is 2.24. The van der Waals surface area contributed by atoms with Gasteiger partial charge < -0.3 is 11.1 Å². The molecule has 0 aliphatic rings. The van der Waals surface area contributed by atoms with E-state index in [-0.39, 0.29) is 17.9 Å². The summed E-state index contributed by atoms with van der Waals surface area (Å²) in [6.45, 7) is 4.59. The van der Waals surface area contributed by atoms with E-state index in [2.05, 4.69) is 5.32 Å². The van der Waals surface area contributed by atoms with E-state index >= 15 is 0 Å². The highest BCUT2D eigenvalue weighted by Crippen LogP contribution is 2.13. The Morgan fingerprint density at radius 1 is 1.29 bits per heavy atom. The number of carbonyl (C=O) groups is 1. The number of nitrogens with two attached hydrogens (primary N) is 1. The first kappa shape index (κ1) is 13.7. The summed E-state index contributed by atoms with van der Waals surface area (Å²) in [6, 6.07) is 10.0. The van der Waals surface area contributed by atoms with Crippen LogP contribution < -0.4 is 11.1 Å². The molecular weight excluding hydrogens is 212 g/mol. The average molecular weight is 234 g/mol. The smallest absolute Gasteiger partial charge is 0.223 e. The van der Waals surface area contributed by atoms with E-state index in [4.69, 9.17) is 5.73 Å². The Bertz CT molecular complexity index is 337. The van der Waals surface area contributed by atoms with Gasteiger partial charge in [-0.15, -0.1) is 0 Å². The van der Waals surface area contributed by atoms with Gasteiger partial charge in [0, 0.05) is 5.92 Å². The Labute approximate surface area is 103 Å². The number of hydrogen-bond donors (Lipinski definition) is 2. The summed E-state index contributed by atoms with van der Waals surface area (Å²) in [5, 5.41) is 3.03. The molecule has 1 aromatic carbocycles. The molecule has 0 fully saturated rings. The Kier molecular flexibility index (Phi) is 5.70. The van der Waals surface area contributed by atoms with E-state index < -0.39 is 0 Å². The van der Waals surface area contributed by atoms with Gasteiger partial charge in [-0.1, -0.05) is 37.3 Å². The molecule has 0 aromatic heterocycles. The molecule has 0 radical (unpaired) electrons. The highest BCUT2D eigenvalue weighted by atomic mass is 16.1. The maximum atomic E-state index is 11.9. The second kappa shape index (κ2) is 7.07. The number of benzene rings is 1. The topological polar surface area (TPSA) is 55.1 Å². The second-order valence-electron chi connectivity index (χ2n) is 4.47. The minimum Gasteiger partial charge on any atom is -0.349 e. The maximum absolute atomic E-state index is 11.9. The highest BCUT2D eigenvalue weighted by Gasteiger charge is 2.15. The molecule has 0 bridgehead atoms. The molecule has 0 heterocycles. The van der Waals surface area contributed by atoms with Crippen molar-refractivity contribution in [2.75, 3.05) is 6.54 Å². The molecule has 3 heteroatoms. The lowest BCUT2D eigenvalue weighted by molar-refractivity contribution is -0.125. The summed E-state index contributed by atoms with van der Waals surface area (Å²) in [4.78, 5) is 11.9. The third-order valence-corrected chi connectivity index (χ3v) is 2.95. The summed E-state index contributed by atoms with van der Waals surface area (Å²) in [7, 11) is 0. The van der Waals surface area contributed by atoms with Crippen LogP contribution in [0.5, 0.6) is 0 Å². The van der Waals surface area contributed by atoms with Crippen molar-refractivity contribution in [3.05, 3.63) is 35.9 Å².